The predicted octanol–water partition coefficient (Wildman–Crippen LogP) is 3.31. The third kappa shape index (κ3) is 5.22. The molecule has 0 unspecified atom stereocenters. The molecule has 39 heavy (non-hydrogen) atoms. The van der Waals surface area contributed by atoms with Crippen molar-refractivity contribution in [1.82, 2.24) is 29.5 Å². The van der Waals surface area contributed by atoms with Gasteiger partial charge in [0.05, 0.1) is 17.6 Å². The second kappa shape index (κ2) is 11.2. The molecular formula is C28H33FN8O2. The van der Waals surface area contributed by atoms with E-state index in [2.05, 4.69) is 25.9 Å². The molecule has 10 nitrogen and oxygen atoms in total. The number of halogens is 1. The summed E-state index contributed by atoms with van der Waals surface area (Å²) < 4.78 is 16.8. The number of nitrogens with zero attached hydrogens (tertiary/aromatic N) is 7. The van der Waals surface area contributed by atoms with E-state index in [1.165, 1.54) is 29.4 Å². The molecule has 0 bridgehead atoms. The van der Waals surface area contributed by atoms with Crippen molar-refractivity contribution in [1.29, 1.82) is 0 Å². The second-order valence-corrected chi connectivity index (χ2v) is 9.61. The third-order valence-corrected chi connectivity index (χ3v) is 7.33. The lowest BCUT2D eigenvalue weighted by Gasteiger charge is -2.38. The molecule has 11 heteroatoms. The highest BCUT2D eigenvalue weighted by Gasteiger charge is 2.29. The Morgan fingerprint density at radius 3 is 2.51 bits per heavy atom. The van der Waals surface area contributed by atoms with Crippen LogP contribution in [0.5, 0.6) is 0 Å². The van der Waals surface area contributed by atoms with Gasteiger partial charge in [-0.25, -0.2) is 24.6 Å². The lowest BCUT2D eigenvalue weighted by atomic mass is 10.0. The van der Waals surface area contributed by atoms with Gasteiger partial charge in [-0.15, -0.1) is 0 Å². The number of nitrogens with one attached hydrogen (secondary N) is 1. The van der Waals surface area contributed by atoms with E-state index in [-0.39, 0.29) is 11.9 Å². The summed E-state index contributed by atoms with van der Waals surface area (Å²) in [6.07, 6.45) is 3.03. The zero-order chi connectivity index (χ0) is 27.5. The van der Waals surface area contributed by atoms with E-state index >= 15 is 0 Å². The number of para-hydroxylation sites is 2. The molecule has 0 radical (unpaired) electrons. The molecule has 0 aliphatic carbocycles. The number of rotatable bonds is 7. The zero-order valence-electron chi connectivity index (χ0n) is 22.4. The molecule has 1 aliphatic rings. The summed E-state index contributed by atoms with van der Waals surface area (Å²) in [7, 11) is 3.52. The van der Waals surface area contributed by atoms with E-state index in [1.54, 1.807) is 19.2 Å². The van der Waals surface area contributed by atoms with Crippen LogP contribution in [0.1, 0.15) is 25.3 Å². The first-order chi connectivity index (χ1) is 18.9. The van der Waals surface area contributed by atoms with Crippen LogP contribution in [0.3, 0.4) is 0 Å². The van der Waals surface area contributed by atoms with Gasteiger partial charge in [0, 0.05) is 52.0 Å². The van der Waals surface area contributed by atoms with Gasteiger partial charge < -0.3 is 14.4 Å². The van der Waals surface area contributed by atoms with Crippen LogP contribution < -0.4 is 20.8 Å². The van der Waals surface area contributed by atoms with Gasteiger partial charge in [0.25, 0.3) is 5.56 Å². The summed E-state index contributed by atoms with van der Waals surface area (Å²) in [6, 6.07) is 15.5. The second-order valence-electron chi connectivity index (χ2n) is 9.61. The Morgan fingerprint density at radius 2 is 1.82 bits per heavy atom. The number of hydrazine groups is 1. The van der Waals surface area contributed by atoms with Crippen molar-refractivity contribution in [3.63, 3.8) is 0 Å². The number of fused-ring (bicyclic) bond motifs is 1. The van der Waals surface area contributed by atoms with Gasteiger partial charge >= 0.3 is 6.03 Å². The maximum Gasteiger partial charge on any atom is 0.348 e. The van der Waals surface area contributed by atoms with Crippen LogP contribution in [-0.2, 0) is 6.54 Å². The number of imidazole rings is 1. The minimum absolute atomic E-state index is 0.0780. The SMILES string of the molecule is CCN(NC)C(=O)n1c(N(C)C2CCN(c3nc4ccccc4n3Cc3ccc(F)cc3)CC2)nccc1=O. The topological polar surface area (TPSA) is 91.5 Å². The van der Waals surface area contributed by atoms with Crippen molar-refractivity contribution in [2.45, 2.75) is 32.4 Å². The van der Waals surface area contributed by atoms with E-state index in [0.717, 1.165) is 53.0 Å². The van der Waals surface area contributed by atoms with Gasteiger partial charge in [0.15, 0.2) is 0 Å². The van der Waals surface area contributed by atoms with Gasteiger partial charge in [-0.05, 0) is 49.6 Å². The number of benzene rings is 2. The molecule has 2 aromatic heterocycles. The standard InChI is InChI=1S/C28H33FN8O2/c1-4-36(30-2)28(39)37-25(38)13-16-31-26(37)33(3)22-14-17-34(18-15-22)27-32-23-7-5-6-8-24(23)35(27)19-20-9-11-21(29)12-10-20/h5-13,16,22,30H,4,14-15,17-19H2,1-3H3. The Bertz CT molecular complexity index is 1500. The van der Waals surface area contributed by atoms with Gasteiger partial charge in [0.2, 0.25) is 11.9 Å². The molecule has 5 rings (SSSR count). The molecule has 204 valence electrons. The smallest absolute Gasteiger partial charge is 0.342 e. The van der Waals surface area contributed by atoms with Crippen molar-refractivity contribution in [2.75, 3.05) is 43.5 Å². The number of aromatic nitrogens is 4. The monoisotopic (exact) mass is 532 g/mol. The number of carbonyl (C=O) groups is 1. The Morgan fingerprint density at radius 1 is 1.10 bits per heavy atom. The maximum atomic E-state index is 13.5. The highest BCUT2D eigenvalue weighted by Crippen LogP contribution is 2.28. The predicted molar refractivity (Wildman–Crippen MR) is 150 cm³/mol. The fraction of sp³-hybridized carbons (Fsp3) is 0.357. The Labute approximate surface area is 226 Å². The quantitative estimate of drug-likeness (QED) is 0.365. The Hall–Kier alpha value is -4.25. The summed E-state index contributed by atoms with van der Waals surface area (Å²) in [4.78, 5) is 39.4. The molecule has 3 heterocycles. The molecule has 1 saturated heterocycles. The van der Waals surface area contributed by atoms with Crippen LogP contribution in [-0.4, -0.2) is 69.9 Å². The highest BCUT2D eigenvalue weighted by atomic mass is 19.1. The number of hydrogen-bond acceptors (Lipinski definition) is 7. The highest BCUT2D eigenvalue weighted by molar-refractivity contribution is 5.80. The fourth-order valence-electron chi connectivity index (χ4n) is 5.19. The molecule has 0 saturated carbocycles. The minimum Gasteiger partial charge on any atom is -0.342 e. The molecule has 1 N–H and O–H groups in total. The summed E-state index contributed by atoms with van der Waals surface area (Å²) in [5.74, 6) is 0.941. The van der Waals surface area contributed by atoms with Crippen LogP contribution in [0.15, 0.2) is 65.6 Å². The van der Waals surface area contributed by atoms with Crippen molar-refractivity contribution >= 4 is 29.0 Å². The average Bonchev–Trinajstić information content (AvgIpc) is 3.32. The fourth-order valence-corrected chi connectivity index (χ4v) is 5.19. The van der Waals surface area contributed by atoms with E-state index in [9.17, 15) is 14.0 Å². The first kappa shape index (κ1) is 26.4. The lowest BCUT2D eigenvalue weighted by Crippen LogP contribution is -2.50. The molecule has 4 aromatic rings. The van der Waals surface area contributed by atoms with Gasteiger partial charge in [-0.3, -0.25) is 9.80 Å². The van der Waals surface area contributed by atoms with Crippen LogP contribution in [0.25, 0.3) is 11.0 Å². The number of piperidine rings is 1. The summed E-state index contributed by atoms with van der Waals surface area (Å²) >= 11 is 0. The van der Waals surface area contributed by atoms with Gasteiger partial charge in [-0.1, -0.05) is 24.3 Å². The minimum atomic E-state index is -0.466. The Balaban J connectivity index is 1.37. The zero-order valence-corrected chi connectivity index (χ0v) is 22.4. The number of anilines is 2. The van der Waals surface area contributed by atoms with E-state index in [1.807, 2.05) is 37.1 Å². The molecule has 0 atom stereocenters. The van der Waals surface area contributed by atoms with Crippen LogP contribution >= 0.6 is 0 Å². The summed E-state index contributed by atoms with van der Waals surface area (Å²) in [5.41, 5.74) is 5.34. The van der Waals surface area contributed by atoms with Crippen molar-refractivity contribution < 1.29 is 9.18 Å². The summed E-state index contributed by atoms with van der Waals surface area (Å²) in [6.45, 7) is 4.29. The lowest BCUT2D eigenvalue weighted by molar-refractivity contribution is 0.182. The van der Waals surface area contributed by atoms with Gasteiger partial charge in [-0.2, -0.15) is 4.57 Å². The average molecular weight is 533 g/mol. The largest absolute Gasteiger partial charge is 0.348 e. The van der Waals surface area contributed by atoms with Crippen LogP contribution in [0, 0.1) is 5.82 Å². The first-order valence-electron chi connectivity index (χ1n) is 13.2. The molecule has 0 spiro atoms. The van der Waals surface area contributed by atoms with E-state index in [4.69, 9.17) is 4.98 Å². The molecule has 2 aromatic carbocycles. The van der Waals surface area contributed by atoms with Gasteiger partial charge in [0.1, 0.15) is 5.82 Å². The van der Waals surface area contributed by atoms with Crippen LogP contribution in [0.2, 0.25) is 0 Å². The Kier molecular flexibility index (Phi) is 7.60. The third-order valence-electron chi connectivity index (χ3n) is 7.33. The molecule has 1 aliphatic heterocycles. The van der Waals surface area contributed by atoms with Crippen molar-refractivity contribution in [2.24, 2.45) is 0 Å². The van der Waals surface area contributed by atoms with E-state index in [0.29, 0.717) is 19.0 Å². The number of carbonyl (C=O) groups excluding carboxylic acids is 1. The normalized spacial score (nSPS) is 14.1. The number of amides is 1. The van der Waals surface area contributed by atoms with E-state index < -0.39 is 11.6 Å². The van der Waals surface area contributed by atoms with Crippen LogP contribution in [0.4, 0.5) is 21.1 Å². The maximum absolute atomic E-state index is 13.5. The number of hydrogen-bond donors (Lipinski definition) is 1. The molecular weight excluding hydrogens is 499 g/mol. The molecule has 1 amide bonds. The molecule has 1 fully saturated rings. The van der Waals surface area contributed by atoms with Crippen molar-refractivity contribution in [3.8, 4) is 0 Å². The van der Waals surface area contributed by atoms with Crippen molar-refractivity contribution in [3.05, 3.63) is 82.5 Å². The first-order valence-corrected chi connectivity index (χ1v) is 13.2. The summed E-state index contributed by atoms with van der Waals surface area (Å²) in [5, 5.41) is 1.37.